The molecule has 2 nitrogen and oxygen atoms in total. The fraction of sp³-hybridized carbons (Fsp3) is 1.00. The summed E-state index contributed by atoms with van der Waals surface area (Å²) >= 11 is 0. The van der Waals surface area contributed by atoms with Gasteiger partial charge in [-0.15, -0.1) is 0 Å². The van der Waals surface area contributed by atoms with Crippen molar-refractivity contribution in [2.75, 3.05) is 13.1 Å². The molecule has 0 spiro atoms. The molecule has 2 heteroatoms. The molecule has 0 bridgehead atoms. The van der Waals surface area contributed by atoms with Crippen molar-refractivity contribution in [2.24, 2.45) is 11.8 Å². The van der Waals surface area contributed by atoms with Gasteiger partial charge in [0.1, 0.15) is 0 Å². The van der Waals surface area contributed by atoms with E-state index in [-0.39, 0.29) is 6.10 Å². The van der Waals surface area contributed by atoms with Crippen LogP contribution >= 0.6 is 0 Å². The molecule has 1 rings (SSSR count). The van der Waals surface area contributed by atoms with Crippen LogP contribution in [0.3, 0.4) is 0 Å². The van der Waals surface area contributed by atoms with Crippen molar-refractivity contribution >= 4 is 0 Å². The highest BCUT2D eigenvalue weighted by Gasteiger charge is 2.17. The maximum absolute atomic E-state index is 9.09. The van der Waals surface area contributed by atoms with Gasteiger partial charge >= 0.3 is 0 Å². The van der Waals surface area contributed by atoms with Gasteiger partial charge < -0.3 is 10.4 Å². The Bertz CT molecular complexity index is 147. The van der Waals surface area contributed by atoms with E-state index in [9.17, 15) is 0 Å². The van der Waals surface area contributed by atoms with Crippen LogP contribution in [0.5, 0.6) is 0 Å². The number of hydrogen-bond donors (Lipinski definition) is 2. The highest BCUT2D eigenvalue weighted by molar-refractivity contribution is 4.72. The molecule has 84 valence electrons. The summed E-state index contributed by atoms with van der Waals surface area (Å²) in [6.45, 7) is 6.33. The molecule has 14 heavy (non-hydrogen) atoms. The minimum atomic E-state index is -0.159. The number of rotatable bonds is 5. The summed E-state index contributed by atoms with van der Waals surface area (Å²) in [5.41, 5.74) is 0. The van der Waals surface area contributed by atoms with Crippen LogP contribution in [0.15, 0.2) is 0 Å². The van der Waals surface area contributed by atoms with Gasteiger partial charge in [-0.1, -0.05) is 19.8 Å². The van der Waals surface area contributed by atoms with Gasteiger partial charge in [0.15, 0.2) is 0 Å². The van der Waals surface area contributed by atoms with E-state index in [1.165, 1.54) is 25.7 Å². The Morgan fingerprint density at radius 3 is 2.86 bits per heavy atom. The Balaban J connectivity index is 2.00. The summed E-state index contributed by atoms with van der Waals surface area (Å²) in [6, 6.07) is 0. The second-order valence-electron chi connectivity index (χ2n) is 4.98. The van der Waals surface area contributed by atoms with Crippen molar-refractivity contribution < 1.29 is 5.11 Å². The van der Waals surface area contributed by atoms with Crippen LogP contribution in [-0.2, 0) is 0 Å². The smallest absolute Gasteiger partial charge is 0.0524 e. The Labute approximate surface area is 88.1 Å². The molecule has 0 radical (unpaired) electrons. The third-order valence-electron chi connectivity index (χ3n) is 3.22. The van der Waals surface area contributed by atoms with Gasteiger partial charge in [0.25, 0.3) is 0 Å². The van der Waals surface area contributed by atoms with E-state index in [1.807, 2.05) is 6.92 Å². The zero-order chi connectivity index (χ0) is 10.4. The van der Waals surface area contributed by atoms with E-state index in [4.69, 9.17) is 5.11 Å². The molecule has 2 N–H and O–H groups in total. The van der Waals surface area contributed by atoms with E-state index in [0.29, 0.717) is 0 Å². The van der Waals surface area contributed by atoms with E-state index in [2.05, 4.69) is 12.2 Å². The first kappa shape index (κ1) is 12.0. The fourth-order valence-corrected chi connectivity index (χ4v) is 2.36. The maximum Gasteiger partial charge on any atom is 0.0524 e. The van der Waals surface area contributed by atoms with Crippen LogP contribution < -0.4 is 5.32 Å². The average Bonchev–Trinajstić information content (AvgIpc) is 2.12. The quantitative estimate of drug-likeness (QED) is 0.665. The standard InChI is InChI=1S/C12H25NO/c1-10-4-3-5-12(8-10)9-13-7-6-11(2)14/h10-14H,3-9H2,1-2H3. The van der Waals surface area contributed by atoms with Gasteiger partial charge in [-0.05, 0) is 51.1 Å². The third kappa shape index (κ3) is 4.97. The lowest BCUT2D eigenvalue weighted by Gasteiger charge is -2.26. The predicted molar refractivity (Wildman–Crippen MR) is 60.3 cm³/mol. The van der Waals surface area contributed by atoms with Crippen molar-refractivity contribution in [3.8, 4) is 0 Å². The zero-order valence-electron chi connectivity index (χ0n) is 9.63. The zero-order valence-corrected chi connectivity index (χ0v) is 9.63. The lowest BCUT2D eigenvalue weighted by molar-refractivity contribution is 0.181. The number of nitrogens with one attached hydrogen (secondary N) is 1. The Kier molecular flexibility index (Phi) is 5.49. The molecule has 1 saturated carbocycles. The molecule has 0 aromatic rings. The minimum absolute atomic E-state index is 0.159. The molecule has 0 saturated heterocycles. The summed E-state index contributed by atoms with van der Waals surface area (Å²) < 4.78 is 0. The van der Waals surface area contributed by atoms with Gasteiger partial charge in [0.05, 0.1) is 6.10 Å². The predicted octanol–water partition coefficient (Wildman–Crippen LogP) is 2.17. The van der Waals surface area contributed by atoms with E-state index < -0.39 is 0 Å². The SMILES string of the molecule is CC(O)CCNCC1CCCC(C)C1. The molecular weight excluding hydrogens is 174 g/mol. The number of aliphatic hydroxyl groups is 1. The Morgan fingerprint density at radius 1 is 1.43 bits per heavy atom. The second-order valence-corrected chi connectivity index (χ2v) is 4.98. The topological polar surface area (TPSA) is 32.3 Å². The van der Waals surface area contributed by atoms with Gasteiger partial charge in [0, 0.05) is 0 Å². The lowest BCUT2D eigenvalue weighted by atomic mass is 9.82. The van der Waals surface area contributed by atoms with Crippen molar-refractivity contribution in [1.82, 2.24) is 5.32 Å². The van der Waals surface area contributed by atoms with Gasteiger partial charge in [-0.3, -0.25) is 0 Å². The van der Waals surface area contributed by atoms with Gasteiger partial charge in [-0.2, -0.15) is 0 Å². The first-order chi connectivity index (χ1) is 6.68. The molecule has 0 amide bonds. The van der Waals surface area contributed by atoms with Gasteiger partial charge in [0.2, 0.25) is 0 Å². The Hall–Kier alpha value is -0.0800. The van der Waals surface area contributed by atoms with Crippen molar-refractivity contribution in [1.29, 1.82) is 0 Å². The monoisotopic (exact) mass is 199 g/mol. The van der Waals surface area contributed by atoms with Crippen LogP contribution in [-0.4, -0.2) is 24.3 Å². The Morgan fingerprint density at radius 2 is 2.21 bits per heavy atom. The van der Waals surface area contributed by atoms with E-state index in [1.54, 1.807) is 0 Å². The van der Waals surface area contributed by atoms with Gasteiger partial charge in [-0.25, -0.2) is 0 Å². The number of aliphatic hydroxyl groups excluding tert-OH is 1. The minimum Gasteiger partial charge on any atom is -0.393 e. The highest BCUT2D eigenvalue weighted by Crippen LogP contribution is 2.27. The van der Waals surface area contributed by atoms with Crippen LogP contribution in [0, 0.1) is 11.8 Å². The molecule has 1 aliphatic carbocycles. The van der Waals surface area contributed by atoms with Crippen LogP contribution in [0.4, 0.5) is 0 Å². The molecule has 3 atom stereocenters. The maximum atomic E-state index is 9.09. The first-order valence-corrected chi connectivity index (χ1v) is 6.07. The fourth-order valence-electron chi connectivity index (χ4n) is 2.36. The normalized spacial score (nSPS) is 30.2. The molecule has 1 aliphatic rings. The summed E-state index contributed by atoms with van der Waals surface area (Å²) in [7, 11) is 0. The third-order valence-corrected chi connectivity index (χ3v) is 3.22. The van der Waals surface area contributed by atoms with E-state index in [0.717, 1.165) is 31.3 Å². The average molecular weight is 199 g/mol. The second kappa shape index (κ2) is 6.41. The lowest BCUT2D eigenvalue weighted by Crippen LogP contribution is -2.28. The highest BCUT2D eigenvalue weighted by atomic mass is 16.3. The summed E-state index contributed by atoms with van der Waals surface area (Å²) in [4.78, 5) is 0. The summed E-state index contributed by atoms with van der Waals surface area (Å²) in [5.74, 6) is 1.81. The van der Waals surface area contributed by atoms with Crippen LogP contribution in [0.1, 0.15) is 46.0 Å². The summed E-state index contributed by atoms with van der Waals surface area (Å²) in [6.07, 6.45) is 6.33. The number of hydrogen-bond acceptors (Lipinski definition) is 2. The van der Waals surface area contributed by atoms with Crippen molar-refractivity contribution in [2.45, 2.75) is 52.1 Å². The molecule has 3 unspecified atom stereocenters. The van der Waals surface area contributed by atoms with E-state index >= 15 is 0 Å². The van der Waals surface area contributed by atoms with Crippen LogP contribution in [0.25, 0.3) is 0 Å². The first-order valence-electron chi connectivity index (χ1n) is 6.07. The largest absolute Gasteiger partial charge is 0.393 e. The molecule has 0 aromatic carbocycles. The summed E-state index contributed by atoms with van der Waals surface area (Å²) in [5, 5.41) is 12.5. The van der Waals surface area contributed by atoms with Crippen molar-refractivity contribution in [3.63, 3.8) is 0 Å². The molecule has 0 aromatic heterocycles. The van der Waals surface area contributed by atoms with Crippen molar-refractivity contribution in [3.05, 3.63) is 0 Å². The molecule has 0 aliphatic heterocycles. The molecular formula is C12H25NO. The molecule has 0 heterocycles. The van der Waals surface area contributed by atoms with Crippen LogP contribution in [0.2, 0.25) is 0 Å². The molecule has 1 fully saturated rings.